The van der Waals surface area contributed by atoms with Crippen molar-refractivity contribution in [2.75, 3.05) is 18.8 Å². The molecule has 0 aromatic carbocycles. The summed E-state index contributed by atoms with van der Waals surface area (Å²) in [5.41, 5.74) is -0.987. The zero-order valence-electron chi connectivity index (χ0n) is 30.3. The number of rotatable bonds is 15. The fourth-order valence-electron chi connectivity index (χ4n) is 6.20. The number of Topliss-reactive ketones (excluding diaryl/α,β-unsaturated/α-hetero) is 1. The Morgan fingerprint density at radius 2 is 1.60 bits per heavy atom. The molecule has 1 heterocycles. The first-order valence-corrected chi connectivity index (χ1v) is 18.4. The van der Waals surface area contributed by atoms with Gasteiger partial charge in [0.15, 0.2) is 9.84 Å². The van der Waals surface area contributed by atoms with Crippen molar-refractivity contribution in [1.29, 1.82) is 0 Å². The number of likely N-dealkylation sites (tertiary alicyclic amines) is 1. The van der Waals surface area contributed by atoms with E-state index in [-0.39, 0.29) is 41.9 Å². The molecule has 1 unspecified atom stereocenters. The number of nitrogens with one attached hydrogen (secondary N) is 4. The highest BCUT2D eigenvalue weighted by Crippen LogP contribution is 2.65. The largest absolute Gasteiger partial charge is 0.346 e. The number of hydrogen-bond donors (Lipinski definition) is 4. The Hall–Kier alpha value is -2.96. The van der Waals surface area contributed by atoms with Crippen LogP contribution < -0.4 is 21.3 Å². The predicted octanol–water partition coefficient (Wildman–Crippen LogP) is 2.97. The van der Waals surface area contributed by atoms with E-state index in [0.717, 1.165) is 6.42 Å². The number of carbonyl (C=O) groups is 5. The maximum atomic E-state index is 14.3. The number of fused-ring (bicyclic) bond motifs is 1. The van der Waals surface area contributed by atoms with E-state index < -0.39 is 73.7 Å². The first-order valence-electron chi connectivity index (χ1n) is 16.7. The van der Waals surface area contributed by atoms with Crippen LogP contribution in [-0.2, 0) is 29.0 Å². The molecule has 12 nitrogen and oxygen atoms in total. The van der Waals surface area contributed by atoms with Crippen LogP contribution in [0.1, 0.15) is 95.4 Å². The Morgan fingerprint density at radius 3 is 2.09 bits per heavy atom. The summed E-state index contributed by atoms with van der Waals surface area (Å²) in [4.78, 5) is 68.7. The lowest BCUT2D eigenvalue weighted by molar-refractivity contribution is -0.145. The Kier molecular flexibility index (Phi) is 12.9. The van der Waals surface area contributed by atoms with E-state index in [1.807, 2.05) is 34.6 Å². The van der Waals surface area contributed by atoms with Crippen molar-refractivity contribution in [3.8, 4) is 0 Å². The minimum Gasteiger partial charge on any atom is -0.346 e. The summed E-state index contributed by atoms with van der Waals surface area (Å²) in [5, 5.41) is 10.8. The molecule has 5 amide bonds. The lowest BCUT2D eigenvalue weighted by Crippen LogP contribution is -2.62. The van der Waals surface area contributed by atoms with Gasteiger partial charge in [-0.1, -0.05) is 74.3 Å². The Balaban J connectivity index is 2.34. The number of amides is 5. The van der Waals surface area contributed by atoms with E-state index in [4.69, 9.17) is 0 Å². The van der Waals surface area contributed by atoms with Crippen LogP contribution in [0.4, 0.5) is 4.79 Å². The molecule has 0 radical (unpaired) electrons. The molecule has 0 aromatic rings. The monoisotopic (exact) mass is 681 g/mol. The SMILES string of the molecule is C=CCNC(=O)C(=O)C(CCCC)NC(=O)[C@@H]1[C@@H]2[C@H](CN1C(=O)[C@@H](NC(=O)N[C@H](CS(=O)(=O)C(C)(C)C)C(C)C)C(C)(C)C)C2(C)C. The van der Waals surface area contributed by atoms with E-state index in [1.165, 1.54) is 11.0 Å². The van der Waals surface area contributed by atoms with Crippen LogP contribution in [-0.4, -0.2) is 90.6 Å². The minimum atomic E-state index is -3.55. The van der Waals surface area contributed by atoms with Gasteiger partial charge in [0, 0.05) is 19.1 Å². The summed E-state index contributed by atoms with van der Waals surface area (Å²) in [5.74, 6) is -3.10. The Bertz CT molecular complexity index is 1310. The third kappa shape index (κ3) is 9.57. The summed E-state index contributed by atoms with van der Waals surface area (Å²) in [6.07, 6.45) is 3.09. The number of urea groups is 1. The van der Waals surface area contributed by atoms with E-state index in [9.17, 15) is 32.4 Å². The second-order valence-corrected chi connectivity index (χ2v) is 18.9. The molecule has 13 heteroatoms. The van der Waals surface area contributed by atoms with Gasteiger partial charge in [-0.2, -0.15) is 0 Å². The van der Waals surface area contributed by atoms with Gasteiger partial charge in [0.05, 0.1) is 16.5 Å². The van der Waals surface area contributed by atoms with Crippen LogP contribution in [0.5, 0.6) is 0 Å². The third-order valence-electron chi connectivity index (χ3n) is 9.71. The number of nitrogens with zero attached hydrogens (tertiary/aromatic N) is 1. The molecule has 47 heavy (non-hydrogen) atoms. The molecule has 4 N–H and O–H groups in total. The molecule has 1 saturated heterocycles. The van der Waals surface area contributed by atoms with Crippen molar-refractivity contribution < 1.29 is 32.4 Å². The Morgan fingerprint density at radius 1 is 1.00 bits per heavy atom. The molecule has 0 spiro atoms. The van der Waals surface area contributed by atoms with Crippen LogP contribution in [0.3, 0.4) is 0 Å². The van der Waals surface area contributed by atoms with Crippen molar-refractivity contribution in [2.24, 2.45) is 28.6 Å². The lowest BCUT2D eigenvalue weighted by Gasteiger charge is -2.38. The molecule has 6 atom stereocenters. The maximum absolute atomic E-state index is 14.3. The van der Waals surface area contributed by atoms with E-state index >= 15 is 0 Å². The van der Waals surface area contributed by atoms with Crippen LogP contribution in [0.15, 0.2) is 12.7 Å². The van der Waals surface area contributed by atoms with Crippen LogP contribution in [0.2, 0.25) is 0 Å². The highest BCUT2D eigenvalue weighted by atomic mass is 32.2. The van der Waals surface area contributed by atoms with Crippen molar-refractivity contribution in [1.82, 2.24) is 26.2 Å². The van der Waals surface area contributed by atoms with Gasteiger partial charge in [0.25, 0.3) is 5.91 Å². The number of hydrogen-bond acceptors (Lipinski definition) is 7. The van der Waals surface area contributed by atoms with Gasteiger partial charge in [0.2, 0.25) is 17.6 Å². The number of carbonyl (C=O) groups excluding carboxylic acids is 5. The quantitative estimate of drug-likeness (QED) is 0.152. The highest BCUT2D eigenvalue weighted by molar-refractivity contribution is 7.92. The van der Waals surface area contributed by atoms with Crippen LogP contribution in [0.25, 0.3) is 0 Å². The normalized spacial score (nSPS) is 22.4. The predicted molar refractivity (Wildman–Crippen MR) is 183 cm³/mol. The number of piperidine rings is 1. The van der Waals surface area contributed by atoms with Crippen molar-refractivity contribution in [3.05, 3.63) is 12.7 Å². The van der Waals surface area contributed by atoms with Gasteiger partial charge in [0.1, 0.15) is 12.1 Å². The average molecular weight is 682 g/mol. The topological polar surface area (TPSA) is 171 Å². The Labute approximate surface area is 281 Å². The molecule has 0 aromatic heterocycles. The number of ketones is 1. The number of unbranched alkanes of at least 4 members (excludes halogenated alkanes) is 1. The summed E-state index contributed by atoms with van der Waals surface area (Å²) in [6.45, 7) is 23.9. The van der Waals surface area contributed by atoms with Crippen molar-refractivity contribution in [3.63, 3.8) is 0 Å². The first-order chi connectivity index (χ1) is 21.4. The molecular formula is C34H59N5O7S. The maximum Gasteiger partial charge on any atom is 0.315 e. The lowest BCUT2D eigenvalue weighted by atomic mass is 9.85. The molecule has 1 aliphatic carbocycles. The zero-order valence-corrected chi connectivity index (χ0v) is 31.1. The van der Waals surface area contributed by atoms with E-state index in [1.54, 1.807) is 41.5 Å². The van der Waals surface area contributed by atoms with Crippen LogP contribution >= 0.6 is 0 Å². The molecular weight excluding hydrogens is 622 g/mol. The molecule has 2 fully saturated rings. The summed E-state index contributed by atoms with van der Waals surface area (Å²) < 4.78 is 24.9. The molecule has 0 bridgehead atoms. The fourth-order valence-corrected chi connectivity index (χ4v) is 7.64. The van der Waals surface area contributed by atoms with Gasteiger partial charge in [-0.25, -0.2) is 13.2 Å². The van der Waals surface area contributed by atoms with Gasteiger partial charge >= 0.3 is 6.03 Å². The molecule has 1 saturated carbocycles. The van der Waals surface area contributed by atoms with Gasteiger partial charge in [-0.05, 0) is 55.8 Å². The van der Waals surface area contributed by atoms with E-state index in [0.29, 0.717) is 13.0 Å². The van der Waals surface area contributed by atoms with Gasteiger partial charge < -0.3 is 26.2 Å². The number of sulfone groups is 1. The zero-order chi connectivity index (χ0) is 36.3. The smallest absolute Gasteiger partial charge is 0.315 e. The third-order valence-corrected chi connectivity index (χ3v) is 12.4. The summed E-state index contributed by atoms with van der Waals surface area (Å²) in [6, 6.07) is -4.37. The van der Waals surface area contributed by atoms with E-state index in [2.05, 4.69) is 27.8 Å². The highest BCUT2D eigenvalue weighted by Gasteiger charge is 2.70. The first kappa shape index (κ1) is 40.2. The second-order valence-electron chi connectivity index (χ2n) is 16.1. The molecule has 1 aliphatic heterocycles. The van der Waals surface area contributed by atoms with Crippen LogP contribution in [0, 0.1) is 28.6 Å². The fraction of sp³-hybridized carbons (Fsp3) is 0.794. The summed E-state index contributed by atoms with van der Waals surface area (Å²) in [7, 11) is -3.55. The molecule has 2 rings (SSSR count). The molecule has 268 valence electrons. The van der Waals surface area contributed by atoms with Crippen molar-refractivity contribution in [2.45, 2.75) is 124 Å². The van der Waals surface area contributed by atoms with Gasteiger partial charge in [-0.15, -0.1) is 6.58 Å². The van der Waals surface area contributed by atoms with Crippen molar-refractivity contribution >= 4 is 39.4 Å². The average Bonchev–Trinajstić information content (AvgIpc) is 3.26. The van der Waals surface area contributed by atoms with Gasteiger partial charge in [-0.3, -0.25) is 19.2 Å². The summed E-state index contributed by atoms with van der Waals surface area (Å²) >= 11 is 0. The minimum absolute atomic E-state index is 0.0465. The standard InChI is InChI=1S/C34H59N5O7S/c1-13-15-16-22(26(40)29(42)35-17-14-2)36-28(41)25-24-21(34(24,11)12)18-39(25)30(43)27(32(5,6)7)38-31(44)37-23(20(3)4)19-47(45,46)33(8,9)10/h14,20-25,27H,2,13,15-19H2,1,3-12H3,(H,35,42)(H,36,41)(H2,37,38,44)/t21-,22?,23+,24-,25-,27+/m0/s1. The second kappa shape index (κ2) is 15.1. The molecule has 2 aliphatic rings.